The Balaban J connectivity index is 1.46. The van der Waals surface area contributed by atoms with E-state index in [4.69, 9.17) is 4.74 Å². The maximum absolute atomic E-state index is 12.9. The lowest BCUT2D eigenvalue weighted by atomic mass is 9.47. The molecular formula is C22H29NO4. The number of hydrogen-bond donors (Lipinski definition) is 2. The van der Waals surface area contributed by atoms with Gasteiger partial charge in [-0.05, 0) is 61.3 Å². The molecule has 0 spiro atoms. The zero-order valence-electron chi connectivity index (χ0n) is 15.9. The van der Waals surface area contributed by atoms with Gasteiger partial charge in [-0.2, -0.15) is 0 Å². The molecule has 0 aliphatic heterocycles. The van der Waals surface area contributed by atoms with Crippen molar-refractivity contribution in [2.75, 3.05) is 7.11 Å². The Kier molecular flexibility index (Phi) is 4.75. The fraction of sp³-hybridized carbons (Fsp3) is 0.636. The quantitative estimate of drug-likeness (QED) is 0.754. The van der Waals surface area contributed by atoms with Crippen LogP contribution in [0.4, 0.5) is 0 Å². The number of methoxy groups -OCH3 is 1. The number of benzene rings is 1. The second kappa shape index (κ2) is 6.93. The zero-order valence-corrected chi connectivity index (χ0v) is 15.9. The topological polar surface area (TPSA) is 75.6 Å². The minimum atomic E-state index is -0.560. The highest BCUT2D eigenvalue weighted by molar-refractivity contribution is 5.78. The van der Waals surface area contributed by atoms with Gasteiger partial charge >= 0.3 is 5.97 Å². The second-order valence-corrected chi connectivity index (χ2v) is 9.17. The lowest BCUT2D eigenvalue weighted by molar-refractivity contribution is -0.169. The normalized spacial score (nSPS) is 34.9. The molecule has 1 aromatic rings. The van der Waals surface area contributed by atoms with Crippen molar-refractivity contribution in [3.05, 3.63) is 35.9 Å². The molecule has 3 atom stereocenters. The van der Waals surface area contributed by atoms with Crippen LogP contribution in [-0.4, -0.2) is 29.7 Å². The third-order valence-corrected chi connectivity index (χ3v) is 6.82. The lowest BCUT2D eigenvalue weighted by Crippen LogP contribution is -2.56. The number of carbonyl (C=O) groups excluding carboxylic acids is 2. The number of aliphatic hydroxyl groups is 1. The molecule has 4 bridgehead atoms. The van der Waals surface area contributed by atoms with E-state index in [0.717, 1.165) is 37.7 Å². The molecule has 146 valence electrons. The van der Waals surface area contributed by atoms with Crippen LogP contribution in [0.5, 0.6) is 0 Å². The molecular weight excluding hydrogens is 342 g/mol. The molecule has 0 heterocycles. The van der Waals surface area contributed by atoms with Crippen molar-refractivity contribution in [3.63, 3.8) is 0 Å². The highest BCUT2D eigenvalue weighted by Crippen LogP contribution is 2.62. The highest BCUT2D eigenvalue weighted by atomic mass is 16.5. The van der Waals surface area contributed by atoms with Crippen LogP contribution >= 0.6 is 0 Å². The van der Waals surface area contributed by atoms with E-state index in [1.54, 1.807) is 0 Å². The maximum Gasteiger partial charge on any atom is 0.307 e. The van der Waals surface area contributed by atoms with Crippen LogP contribution in [-0.2, 0) is 14.3 Å². The summed E-state index contributed by atoms with van der Waals surface area (Å²) < 4.78 is 4.81. The predicted molar refractivity (Wildman–Crippen MR) is 101 cm³/mol. The van der Waals surface area contributed by atoms with Crippen molar-refractivity contribution < 1.29 is 19.4 Å². The van der Waals surface area contributed by atoms with Gasteiger partial charge in [0.1, 0.15) is 0 Å². The average Bonchev–Trinajstić information content (AvgIpc) is 2.59. The number of carbonyl (C=O) groups is 2. The summed E-state index contributed by atoms with van der Waals surface area (Å²) in [5.74, 6) is 0.750. The molecule has 3 unspecified atom stereocenters. The largest absolute Gasteiger partial charge is 0.469 e. The molecule has 27 heavy (non-hydrogen) atoms. The summed E-state index contributed by atoms with van der Waals surface area (Å²) in [6.07, 6.45) is 6.41. The molecule has 2 N–H and O–H groups in total. The standard InChI is InChI=1S/C22H29NO4/c1-27-20(25)8-18(17-5-3-2-4-6-17)23-19(24)13-21-9-15-7-16(10-21)12-22(26,11-15)14-21/h2-6,15-16,18,26H,7-14H2,1H3,(H,23,24). The number of rotatable bonds is 6. The molecule has 0 saturated heterocycles. The van der Waals surface area contributed by atoms with Gasteiger partial charge in [-0.15, -0.1) is 0 Å². The molecule has 5 nitrogen and oxygen atoms in total. The Bertz CT molecular complexity index is 702. The van der Waals surface area contributed by atoms with E-state index in [9.17, 15) is 14.7 Å². The summed E-state index contributed by atoms with van der Waals surface area (Å²) in [5.41, 5.74) is 0.269. The first-order valence-electron chi connectivity index (χ1n) is 10.0. The molecule has 1 aromatic carbocycles. The monoisotopic (exact) mass is 371 g/mol. The molecule has 4 aliphatic rings. The van der Waals surface area contributed by atoms with Crippen LogP contribution in [0, 0.1) is 17.3 Å². The first kappa shape index (κ1) is 18.5. The Morgan fingerprint density at radius 1 is 1.19 bits per heavy atom. The number of amides is 1. The van der Waals surface area contributed by atoms with E-state index < -0.39 is 5.60 Å². The van der Waals surface area contributed by atoms with Gasteiger partial charge in [0.05, 0.1) is 25.2 Å². The van der Waals surface area contributed by atoms with Crippen molar-refractivity contribution in [3.8, 4) is 0 Å². The summed E-state index contributed by atoms with van der Waals surface area (Å²) in [6.45, 7) is 0. The van der Waals surface area contributed by atoms with Crippen LogP contribution in [0.1, 0.15) is 63.0 Å². The van der Waals surface area contributed by atoms with Crippen molar-refractivity contribution >= 4 is 11.9 Å². The van der Waals surface area contributed by atoms with Crippen molar-refractivity contribution in [2.24, 2.45) is 17.3 Å². The molecule has 5 rings (SSSR count). The Morgan fingerprint density at radius 2 is 1.85 bits per heavy atom. The second-order valence-electron chi connectivity index (χ2n) is 9.17. The summed E-state index contributed by atoms with van der Waals surface area (Å²) in [4.78, 5) is 24.8. The van der Waals surface area contributed by atoms with Gasteiger partial charge in [0, 0.05) is 6.42 Å². The van der Waals surface area contributed by atoms with E-state index >= 15 is 0 Å². The van der Waals surface area contributed by atoms with E-state index in [1.165, 1.54) is 13.5 Å². The zero-order chi connectivity index (χ0) is 19.1. The first-order valence-corrected chi connectivity index (χ1v) is 10.0. The molecule has 4 aliphatic carbocycles. The van der Waals surface area contributed by atoms with Gasteiger partial charge in [-0.1, -0.05) is 30.3 Å². The Hall–Kier alpha value is -1.88. The van der Waals surface area contributed by atoms with Crippen LogP contribution in [0.15, 0.2) is 30.3 Å². The van der Waals surface area contributed by atoms with Crippen LogP contribution in [0.2, 0.25) is 0 Å². The van der Waals surface area contributed by atoms with Crippen LogP contribution in [0.25, 0.3) is 0 Å². The minimum Gasteiger partial charge on any atom is -0.469 e. The summed E-state index contributed by atoms with van der Waals surface area (Å²) in [5, 5.41) is 14.0. The minimum absolute atomic E-state index is 0.0293. The van der Waals surface area contributed by atoms with Gasteiger partial charge in [0.2, 0.25) is 5.91 Å². The van der Waals surface area contributed by atoms with Gasteiger partial charge < -0.3 is 15.2 Å². The highest BCUT2D eigenvalue weighted by Gasteiger charge is 2.57. The fourth-order valence-electron chi connectivity index (χ4n) is 6.38. The maximum atomic E-state index is 12.9. The van der Waals surface area contributed by atoms with Crippen molar-refractivity contribution in [2.45, 2.75) is 63.0 Å². The SMILES string of the molecule is COC(=O)CC(NC(=O)CC12CC3CC(CC(O)(C3)C1)C2)c1ccccc1. The predicted octanol–water partition coefficient (Wildman–Crippen LogP) is 3.13. The van der Waals surface area contributed by atoms with Gasteiger partial charge in [-0.25, -0.2) is 0 Å². The van der Waals surface area contributed by atoms with E-state index in [-0.39, 0.29) is 29.8 Å². The third kappa shape index (κ3) is 3.88. The van der Waals surface area contributed by atoms with Gasteiger partial charge in [0.15, 0.2) is 0 Å². The third-order valence-electron chi connectivity index (χ3n) is 6.82. The first-order chi connectivity index (χ1) is 12.9. The molecule has 0 radical (unpaired) electrons. The Labute approximate surface area is 160 Å². The van der Waals surface area contributed by atoms with Crippen LogP contribution < -0.4 is 5.32 Å². The molecule has 0 aromatic heterocycles. The van der Waals surface area contributed by atoms with Gasteiger partial charge in [-0.3, -0.25) is 9.59 Å². The molecule has 4 saturated carbocycles. The van der Waals surface area contributed by atoms with E-state index in [2.05, 4.69) is 5.32 Å². The molecule has 4 fully saturated rings. The summed E-state index contributed by atoms with van der Waals surface area (Å²) in [6, 6.07) is 9.17. The van der Waals surface area contributed by atoms with Crippen molar-refractivity contribution in [1.82, 2.24) is 5.32 Å². The van der Waals surface area contributed by atoms with E-state index in [0.29, 0.717) is 18.3 Å². The van der Waals surface area contributed by atoms with Gasteiger partial charge in [0.25, 0.3) is 0 Å². The number of esters is 1. The van der Waals surface area contributed by atoms with Crippen molar-refractivity contribution in [1.29, 1.82) is 0 Å². The summed E-state index contributed by atoms with van der Waals surface area (Å²) in [7, 11) is 1.36. The molecule has 5 heteroatoms. The lowest BCUT2D eigenvalue weighted by Gasteiger charge is -2.60. The van der Waals surface area contributed by atoms with Crippen LogP contribution in [0.3, 0.4) is 0 Å². The number of nitrogens with one attached hydrogen (secondary N) is 1. The average molecular weight is 371 g/mol. The van der Waals surface area contributed by atoms with E-state index in [1.807, 2.05) is 30.3 Å². The molecule has 1 amide bonds. The smallest absolute Gasteiger partial charge is 0.307 e. The number of ether oxygens (including phenoxy) is 1. The summed E-state index contributed by atoms with van der Waals surface area (Å²) >= 11 is 0. The number of hydrogen-bond acceptors (Lipinski definition) is 4. The Morgan fingerprint density at radius 3 is 2.44 bits per heavy atom. The fourth-order valence-corrected chi connectivity index (χ4v) is 6.38.